The second-order valence-electron chi connectivity index (χ2n) is 4.21. The molecule has 0 bridgehead atoms. The number of primary amides is 1. The van der Waals surface area contributed by atoms with Crippen molar-refractivity contribution in [3.05, 3.63) is 29.6 Å². The van der Waals surface area contributed by atoms with E-state index in [1.165, 1.54) is 12.1 Å². The van der Waals surface area contributed by atoms with Gasteiger partial charge in [-0.2, -0.15) is 0 Å². The fourth-order valence-corrected chi connectivity index (χ4v) is 1.59. The van der Waals surface area contributed by atoms with Crippen LogP contribution in [0.2, 0.25) is 0 Å². The second kappa shape index (κ2) is 7.48. The Morgan fingerprint density at radius 3 is 2.58 bits per heavy atom. The van der Waals surface area contributed by atoms with Crippen LogP contribution in [0.25, 0.3) is 0 Å². The van der Waals surface area contributed by atoms with E-state index in [1.807, 2.05) is 0 Å². The zero-order valence-electron chi connectivity index (χ0n) is 10.6. The van der Waals surface area contributed by atoms with Crippen LogP contribution < -0.4 is 16.8 Å². The molecule has 1 rings (SSSR count). The number of carbonyl (C=O) groups is 2. The van der Waals surface area contributed by atoms with Crippen LogP contribution in [0.4, 0.5) is 10.1 Å². The number of hydrogen-bond acceptors (Lipinski definition) is 3. The van der Waals surface area contributed by atoms with Crippen LogP contribution in [0.1, 0.15) is 36.0 Å². The van der Waals surface area contributed by atoms with Crippen LogP contribution >= 0.6 is 0 Å². The third-order valence-electron chi connectivity index (χ3n) is 2.63. The zero-order chi connectivity index (χ0) is 14.3. The normalized spacial score (nSPS) is 10.2. The lowest BCUT2D eigenvalue weighted by molar-refractivity contribution is -0.116. The molecule has 5 nitrogen and oxygen atoms in total. The van der Waals surface area contributed by atoms with Gasteiger partial charge in [0, 0.05) is 12.0 Å². The molecule has 0 saturated heterocycles. The molecule has 0 unspecified atom stereocenters. The quantitative estimate of drug-likeness (QED) is 0.651. The summed E-state index contributed by atoms with van der Waals surface area (Å²) < 4.78 is 13.5. The van der Waals surface area contributed by atoms with E-state index in [-0.39, 0.29) is 17.2 Å². The largest absolute Gasteiger partial charge is 0.366 e. The molecule has 1 aromatic carbocycles. The van der Waals surface area contributed by atoms with Crippen LogP contribution in [-0.2, 0) is 4.79 Å². The summed E-state index contributed by atoms with van der Waals surface area (Å²) in [5.41, 5.74) is 10.6. The standard InChI is InChI=1S/C13H18FN3O2/c14-10-6-5-9(13(16)19)8-11(10)17-12(18)4-2-1-3-7-15/h5-6,8H,1-4,7,15H2,(H2,16,19)(H,17,18). The summed E-state index contributed by atoms with van der Waals surface area (Å²) in [5, 5.41) is 2.43. The first kappa shape index (κ1) is 15.1. The molecule has 0 radical (unpaired) electrons. The SMILES string of the molecule is NCCCCCC(=O)Nc1cc(C(N)=O)ccc1F. The fourth-order valence-electron chi connectivity index (χ4n) is 1.59. The lowest BCUT2D eigenvalue weighted by Gasteiger charge is -2.07. The van der Waals surface area contributed by atoms with Gasteiger partial charge < -0.3 is 16.8 Å². The van der Waals surface area contributed by atoms with Crippen LogP contribution in [0, 0.1) is 5.82 Å². The Morgan fingerprint density at radius 2 is 1.95 bits per heavy atom. The van der Waals surface area contributed by atoms with Gasteiger partial charge >= 0.3 is 0 Å². The van der Waals surface area contributed by atoms with Crippen molar-refractivity contribution in [2.24, 2.45) is 11.5 Å². The summed E-state index contributed by atoms with van der Waals surface area (Å²) in [6.07, 6.45) is 2.70. The van der Waals surface area contributed by atoms with Gasteiger partial charge in [-0.25, -0.2) is 4.39 Å². The van der Waals surface area contributed by atoms with E-state index in [9.17, 15) is 14.0 Å². The maximum absolute atomic E-state index is 13.5. The highest BCUT2D eigenvalue weighted by Gasteiger charge is 2.10. The predicted molar refractivity (Wildman–Crippen MR) is 71.1 cm³/mol. The highest BCUT2D eigenvalue weighted by atomic mass is 19.1. The predicted octanol–water partition coefficient (Wildman–Crippen LogP) is 1.38. The van der Waals surface area contributed by atoms with Crippen LogP contribution in [0.5, 0.6) is 0 Å². The summed E-state index contributed by atoms with van der Waals surface area (Å²) >= 11 is 0. The summed E-state index contributed by atoms with van der Waals surface area (Å²) in [6.45, 7) is 0.594. The molecule has 5 N–H and O–H groups in total. The highest BCUT2D eigenvalue weighted by molar-refractivity contribution is 5.96. The zero-order valence-corrected chi connectivity index (χ0v) is 10.6. The summed E-state index contributed by atoms with van der Waals surface area (Å²) in [4.78, 5) is 22.6. The van der Waals surface area contributed by atoms with Crippen molar-refractivity contribution in [1.29, 1.82) is 0 Å². The number of hydrogen-bond donors (Lipinski definition) is 3. The Bertz CT molecular complexity index is 463. The van der Waals surface area contributed by atoms with Gasteiger partial charge in [0.15, 0.2) is 0 Å². The molecule has 104 valence electrons. The highest BCUT2D eigenvalue weighted by Crippen LogP contribution is 2.16. The number of rotatable bonds is 7. The molecule has 0 fully saturated rings. The molecule has 2 amide bonds. The van der Waals surface area contributed by atoms with E-state index >= 15 is 0 Å². The van der Waals surface area contributed by atoms with Crippen molar-refractivity contribution >= 4 is 17.5 Å². The summed E-state index contributed by atoms with van der Waals surface area (Å²) in [5.74, 6) is -1.56. The first-order valence-electron chi connectivity index (χ1n) is 6.14. The third-order valence-corrected chi connectivity index (χ3v) is 2.63. The molecule has 19 heavy (non-hydrogen) atoms. The first-order valence-corrected chi connectivity index (χ1v) is 6.14. The minimum Gasteiger partial charge on any atom is -0.366 e. The Hall–Kier alpha value is -1.95. The Balaban J connectivity index is 2.58. The van der Waals surface area contributed by atoms with Gasteiger partial charge in [-0.15, -0.1) is 0 Å². The Morgan fingerprint density at radius 1 is 1.21 bits per heavy atom. The monoisotopic (exact) mass is 267 g/mol. The van der Waals surface area contributed by atoms with Gasteiger partial charge in [0.05, 0.1) is 5.69 Å². The number of benzene rings is 1. The number of carbonyl (C=O) groups excluding carboxylic acids is 2. The first-order chi connectivity index (χ1) is 9.04. The number of nitrogens with one attached hydrogen (secondary N) is 1. The lowest BCUT2D eigenvalue weighted by Crippen LogP contribution is -2.15. The number of halogens is 1. The third kappa shape index (κ3) is 5.05. The Labute approximate surface area is 111 Å². The van der Waals surface area contributed by atoms with E-state index in [2.05, 4.69) is 5.32 Å². The average Bonchev–Trinajstić information content (AvgIpc) is 2.37. The second-order valence-corrected chi connectivity index (χ2v) is 4.21. The molecule has 0 aromatic heterocycles. The van der Waals surface area contributed by atoms with Gasteiger partial charge in [0.2, 0.25) is 11.8 Å². The van der Waals surface area contributed by atoms with E-state index in [4.69, 9.17) is 11.5 Å². The summed E-state index contributed by atoms with van der Waals surface area (Å²) in [7, 11) is 0. The molecule has 0 aliphatic carbocycles. The minimum absolute atomic E-state index is 0.0277. The number of amides is 2. The molecule has 0 heterocycles. The van der Waals surface area contributed by atoms with E-state index < -0.39 is 11.7 Å². The minimum atomic E-state index is -0.668. The molecule has 0 atom stereocenters. The van der Waals surface area contributed by atoms with Crippen LogP contribution in [-0.4, -0.2) is 18.4 Å². The van der Waals surface area contributed by atoms with Gasteiger partial charge in [0.1, 0.15) is 5.82 Å². The molecular formula is C13H18FN3O2. The van der Waals surface area contributed by atoms with E-state index in [0.29, 0.717) is 19.4 Å². The number of unbranched alkanes of at least 4 members (excludes halogenated alkanes) is 2. The van der Waals surface area contributed by atoms with Crippen molar-refractivity contribution in [1.82, 2.24) is 0 Å². The molecule has 0 aliphatic heterocycles. The maximum atomic E-state index is 13.5. The fraction of sp³-hybridized carbons (Fsp3) is 0.385. The molecular weight excluding hydrogens is 249 g/mol. The van der Waals surface area contributed by atoms with Crippen molar-refractivity contribution < 1.29 is 14.0 Å². The van der Waals surface area contributed by atoms with Crippen LogP contribution in [0.15, 0.2) is 18.2 Å². The molecule has 0 saturated carbocycles. The van der Waals surface area contributed by atoms with Gasteiger partial charge in [-0.3, -0.25) is 9.59 Å². The number of anilines is 1. The van der Waals surface area contributed by atoms with Crippen LogP contribution in [0.3, 0.4) is 0 Å². The molecule has 0 aliphatic rings. The topological polar surface area (TPSA) is 98.2 Å². The molecule has 1 aromatic rings. The molecule has 6 heteroatoms. The van der Waals surface area contributed by atoms with Gasteiger partial charge in [-0.1, -0.05) is 6.42 Å². The van der Waals surface area contributed by atoms with Crippen molar-refractivity contribution in [2.45, 2.75) is 25.7 Å². The Kier molecular flexibility index (Phi) is 5.95. The van der Waals surface area contributed by atoms with Gasteiger partial charge in [0.25, 0.3) is 0 Å². The van der Waals surface area contributed by atoms with E-state index in [0.717, 1.165) is 18.9 Å². The number of nitrogens with two attached hydrogens (primary N) is 2. The van der Waals surface area contributed by atoms with E-state index in [1.54, 1.807) is 0 Å². The van der Waals surface area contributed by atoms with Crippen molar-refractivity contribution in [2.75, 3.05) is 11.9 Å². The van der Waals surface area contributed by atoms with Gasteiger partial charge in [-0.05, 0) is 37.6 Å². The van der Waals surface area contributed by atoms with Crippen molar-refractivity contribution in [3.8, 4) is 0 Å². The lowest BCUT2D eigenvalue weighted by atomic mass is 10.1. The molecule has 0 spiro atoms. The average molecular weight is 267 g/mol. The summed E-state index contributed by atoms with van der Waals surface area (Å²) in [6, 6.07) is 3.61. The maximum Gasteiger partial charge on any atom is 0.248 e. The van der Waals surface area contributed by atoms with Crippen molar-refractivity contribution in [3.63, 3.8) is 0 Å². The smallest absolute Gasteiger partial charge is 0.248 e.